The zero-order valence-corrected chi connectivity index (χ0v) is 33.3. The van der Waals surface area contributed by atoms with Gasteiger partial charge < -0.3 is 25.2 Å². The van der Waals surface area contributed by atoms with E-state index < -0.39 is 57.6 Å². The summed E-state index contributed by atoms with van der Waals surface area (Å²) in [5.74, 6) is -2.40. The topological polar surface area (TPSA) is 169 Å². The number of amides is 1. The highest BCUT2D eigenvalue weighted by Gasteiger charge is 2.28. The van der Waals surface area contributed by atoms with Crippen molar-refractivity contribution < 1.29 is 47.8 Å². The molecule has 0 spiro atoms. The third-order valence-corrected chi connectivity index (χ3v) is 9.35. The molecule has 0 saturated carbocycles. The van der Waals surface area contributed by atoms with Crippen LogP contribution in [0.25, 0.3) is 0 Å². The standard InChI is InChI=1S/C40H72NO10P/c1-3-5-7-9-11-13-15-17-18-19-20-22-24-26-28-30-32-39(44)49-33-36(42)34-50-52(47,48)51-35-37(40(45)46)41-38(43)31-29-27-25-23-21-16-14-12-10-8-6-4-2/h12-15,18-19,36-37,42H,3-11,16-17,20-35H2,1-2H3,(H,41,43)(H,45,46)(H,47,48)/b14-12-,15-13-,19-18-. The summed E-state index contributed by atoms with van der Waals surface area (Å²) in [7, 11) is -4.75. The van der Waals surface area contributed by atoms with Crippen LogP contribution in [-0.4, -0.2) is 64.9 Å². The number of aliphatic carboxylic acids is 1. The Labute approximate surface area is 314 Å². The van der Waals surface area contributed by atoms with E-state index >= 15 is 0 Å². The third kappa shape index (κ3) is 34.8. The number of hydrogen-bond donors (Lipinski definition) is 4. The Morgan fingerprint density at radius 1 is 0.615 bits per heavy atom. The Kier molecular flexibility index (Phi) is 34.1. The van der Waals surface area contributed by atoms with Crippen LogP contribution < -0.4 is 5.32 Å². The Morgan fingerprint density at radius 2 is 1.06 bits per heavy atom. The maximum absolute atomic E-state index is 12.2. The van der Waals surface area contributed by atoms with Crippen molar-refractivity contribution in [1.29, 1.82) is 0 Å². The molecule has 52 heavy (non-hydrogen) atoms. The molecule has 0 aliphatic heterocycles. The highest BCUT2D eigenvalue weighted by Crippen LogP contribution is 2.43. The van der Waals surface area contributed by atoms with E-state index in [1.165, 1.54) is 51.4 Å². The van der Waals surface area contributed by atoms with Gasteiger partial charge in [-0.2, -0.15) is 0 Å². The number of phosphoric ester groups is 1. The summed E-state index contributed by atoms with van der Waals surface area (Å²) in [4.78, 5) is 45.7. The molecule has 0 heterocycles. The largest absolute Gasteiger partial charge is 0.480 e. The third-order valence-electron chi connectivity index (χ3n) is 8.40. The average Bonchev–Trinajstić information content (AvgIpc) is 3.11. The second-order valence-electron chi connectivity index (χ2n) is 13.5. The highest BCUT2D eigenvalue weighted by molar-refractivity contribution is 7.47. The number of phosphoric acid groups is 1. The number of carbonyl (C=O) groups excluding carboxylic acids is 2. The van der Waals surface area contributed by atoms with E-state index in [1.54, 1.807) is 0 Å². The van der Waals surface area contributed by atoms with Crippen molar-refractivity contribution >= 4 is 25.7 Å². The normalized spacial score (nSPS) is 14.2. The van der Waals surface area contributed by atoms with Crippen LogP contribution in [0.1, 0.15) is 168 Å². The number of rotatable bonds is 37. The molecule has 0 aliphatic carbocycles. The molecule has 302 valence electrons. The summed E-state index contributed by atoms with van der Waals surface area (Å²) in [5.41, 5.74) is 0. The molecule has 3 unspecified atom stereocenters. The number of carboxylic acids is 1. The number of allylic oxidation sites excluding steroid dienone is 6. The molecule has 3 atom stereocenters. The van der Waals surface area contributed by atoms with E-state index in [0.29, 0.717) is 12.8 Å². The van der Waals surface area contributed by atoms with Crippen LogP contribution in [0.2, 0.25) is 0 Å². The van der Waals surface area contributed by atoms with E-state index in [9.17, 15) is 34.1 Å². The molecule has 1 amide bonds. The van der Waals surface area contributed by atoms with Crippen LogP contribution in [0.15, 0.2) is 36.5 Å². The predicted octanol–water partition coefficient (Wildman–Crippen LogP) is 9.66. The average molecular weight is 758 g/mol. The summed E-state index contributed by atoms with van der Waals surface area (Å²) in [6.07, 6.45) is 36.0. The van der Waals surface area contributed by atoms with Crippen LogP contribution in [0.5, 0.6) is 0 Å². The summed E-state index contributed by atoms with van der Waals surface area (Å²) in [5, 5.41) is 21.7. The Morgan fingerprint density at radius 3 is 1.62 bits per heavy atom. The molecule has 0 aliphatic rings. The molecule has 4 N–H and O–H groups in total. The van der Waals surface area contributed by atoms with Crippen LogP contribution in [-0.2, 0) is 32.7 Å². The monoisotopic (exact) mass is 757 g/mol. The first kappa shape index (κ1) is 49.7. The lowest BCUT2D eigenvalue weighted by atomic mass is 10.1. The van der Waals surface area contributed by atoms with Gasteiger partial charge >= 0.3 is 19.8 Å². The summed E-state index contributed by atoms with van der Waals surface area (Å²) < 4.78 is 26.7. The van der Waals surface area contributed by atoms with Gasteiger partial charge in [-0.1, -0.05) is 121 Å². The number of ether oxygens (including phenoxy) is 1. The first-order valence-electron chi connectivity index (χ1n) is 20.0. The van der Waals surface area contributed by atoms with Crippen molar-refractivity contribution in [3.8, 4) is 0 Å². The number of hydrogen-bond acceptors (Lipinski definition) is 8. The van der Waals surface area contributed by atoms with E-state index in [0.717, 1.165) is 77.0 Å². The maximum Gasteiger partial charge on any atom is 0.472 e. The van der Waals surface area contributed by atoms with Gasteiger partial charge in [0.1, 0.15) is 12.7 Å². The molecular formula is C40H72NO10P. The lowest BCUT2D eigenvalue weighted by molar-refractivity contribution is -0.147. The van der Waals surface area contributed by atoms with Crippen molar-refractivity contribution in [2.45, 2.75) is 180 Å². The van der Waals surface area contributed by atoms with Gasteiger partial charge in [0.05, 0.1) is 13.2 Å². The molecule has 0 radical (unpaired) electrons. The number of aliphatic hydroxyl groups excluding tert-OH is 1. The molecule has 0 fully saturated rings. The number of carbonyl (C=O) groups is 3. The van der Waals surface area contributed by atoms with Gasteiger partial charge in [0.25, 0.3) is 0 Å². The highest BCUT2D eigenvalue weighted by atomic mass is 31.2. The fraction of sp³-hybridized carbons (Fsp3) is 0.775. The van der Waals surface area contributed by atoms with Crippen LogP contribution >= 0.6 is 7.82 Å². The Bertz CT molecular complexity index is 1030. The van der Waals surface area contributed by atoms with Gasteiger partial charge in [-0.15, -0.1) is 0 Å². The summed E-state index contributed by atoms with van der Waals surface area (Å²) >= 11 is 0. The molecule has 0 aromatic carbocycles. The minimum absolute atomic E-state index is 0.134. The molecular weight excluding hydrogens is 685 g/mol. The number of carboxylic acid groups (broad SMARTS) is 1. The zero-order valence-electron chi connectivity index (χ0n) is 32.4. The van der Waals surface area contributed by atoms with E-state index in [4.69, 9.17) is 13.8 Å². The van der Waals surface area contributed by atoms with E-state index in [-0.39, 0.29) is 12.8 Å². The minimum atomic E-state index is -4.75. The predicted molar refractivity (Wildman–Crippen MR) is 208 cm³/mol. The minimum Gasteiger partial charge on any atom is -0.480 e. The van der Waals surface area contributed by atoms with Gasteiger partial charge in [-0.25, -0.2) is 9.36 Å². The molecule has 12 heteroatoms. The second kappa shape index (κ2) is 35.7. The number of nitrogens with one attached hydrogen (secondary N) is 1. The number of esters is 1. The zero-order chi connectivity index (χ0) is 38.5. The van der Waals surface area contributed by atoms with Crippen molar-refractivity contribution in [3.05, 3.63) is 36.5 Å². The van der Waals surface area contributed by atoms with Crippen molar-refractivity contribution in [3.63, 3.8) is 0 Å². The van der Waals surface area contributed by atoms with Crippen LogP contribution in [0.4, 0.5) is 0 Å². The first-order valence-corrected chi connectivity index (χ1v) is 21.5. The van der Waals surface area contributed by atoms with Crippen molar-refractivity contribution in [1.82, 2.24) is 5.32 Å². The van der Waals surface area contributed by atoms with Gasteiger partial charge in [-0.3, -0.25) is 18.6 Å². The molecule has 0 saturated heterocycles. The number of unbranched alkanes of at least 4 members (excludes halogenated alkanes) is 17. The number of aliphatic hydroxyl groups is 1. The molecule has 0 bridgehead atoms. The van der Waals surface area contributed by atoms with Crippen LogP contribution in [0, 0.1) is 0 Å². The summed E-state index contributed by atoms with van der Waals surface area (Å²) in [6.45, 7) is 2.51. The lowest BCUT2D eigenvalue weighted by Gasteiger charge is -2.18. The molecule has 0 aromatic rings. The SMILES string of the molecule is CCCCC/C=C\CCCCCCCC(=O)NC(COP(=O)(O)OCC(O)COC(=O)CCCCCCC/C=C\C/C=C\CCCCCC)C(=O)O. The van der Waals surface area contributed by atoms with Crippen molar-refractivity contribution in [2.75, 3.05) is 19.8 Å². The molecule has 0 rings (SSSR count). The smallest absolute Gasteiger partial charge is 0.472 e. The Hall–Kier alpha value is -2.30. The summed E-state index contributed by atoms with van der Waals surface area (Å²) in [6, 6.07) is -1.55. The lowest BCUT2D eigenvalue weighted by Crippen LogP contribution is -2.43. The Balaban J connectivity index is 3.97. The fourth-order valence-corrected chi connectivity index (χ4v) is 5.99. The van der Waals surface area contributed by atoms with Crippen LogP contribution in [0.3, 0.4) is 0 Å². The second-order valence-corrected chi connectivity index (χ2v) is 14.9. The molecule has 0 aromatic heterocycles. The van der Waals surface area contributed by atoms with Gasteiger partial charge in [0.15, 0.2) is 6.04 Å². The first-order chi connectivity index (χ1) is 25.1. The van der Waals surface area contributed by atoms with Gasteiger partial charge in [0, 0.05) is 12.8 Å². The van der Waals surface area contributed by atoms with E-state index in [1.807, 2.05) is 0 Å². The maximum atomic E-state index is 12.2. The van der Waals surface area contributed by atoms with Gasteiger partial charge in [0.2, 0.25) is 5.91 Å². The van der Waals surface area contributed by atoms with Crippen molar-refractivity contribution in [2.24, 2.45) is 0 Å². The fourth-order valence-electron chi connectivity index (χ4n) is 5.22. The van der Waals surface area contributed by atoms with E-state index in [2.05, 4.69) is 55.6 Å². The van der Waals surface area contributed by atoms with Gasteiger partial charge in [-0.05, 0) is 70.6 Å². The molecule has 11 nitrogen and oxygen atoms in total. The quantitative estimate of drug-likeness (QED) is 0.0207.